The van der Waals surface area contributed by atoms with Crippen molar-refractivity contribution in [2.75, 3.05) is 19.0 Å². The Balaban J connectivity index is 0.00000364. The van der Waals surface area contributed by atoms with Crippen LogP contribution in [0, 0.1) is 0 Å². The maximum absolute atomic E-state index is 12.3. The number of nitrogens with zero attached hydrogens (tertiary/aromatic N) is 2. The van der Waals surface area contributed by atoms with Crippen molar-refractivity contribution >= 4 is 47.2 Å². The Morgan fingerprint density at radius 3 is 2.70 bits per heavy atom. The fraction of sp³-hybridized carbons (Fsp3) is 0.250. The number of rotatable bonds is 6. The molecule has 2 rings (SSSR count). The van der Waals surface area contributed by atoms with Crippen molar-refractivity contribution in [3.05, 3.63) is 47.1 Å². The molecule has 6 nitrogen and oxygen atoms in total. The monoisotopic (exact) mass is 516 g/mol. The third-order valence-electron chi connectivity index (χ3n) is 3.07. The van der Waals surface area contributed by atoms with Gasteiger partial charge in [-0.15, -0.1) is 24.0 Å². The molecule has 3 N–H and O–H groups in total. The Labute approximate surface area is 175 Å². The average molecular weight is 517 g/mol. The number of guanidine groups is 1. The lowest BCUT2D eigenvalue weighted by molar-refractivity contribution is -0.154. The van der Waals surface area contributed by atoms with Gasteiger partial charge in [-0.3, -0.25) is 0 Å². The minimum atomic E-state index is -4.45. The van der Waals surface area contributed by atoms with E-state index < -0.39 is 12.8 Å². The summed E-state index contributed by atoms with van der Waals surface area (Å²) in [6, 6.07) is 8.07. The second kappa shape index (κ2) is 10.4. The van der Waals surface area contributed by atoms with Gasteiger partial charge in [0, 0.05) is 17.4 Å². The molecule has 0 saturated carbocycles. The van der Waals surface area contributed by atoms with E-state index in [0.29, 0.717) is 22.0 Å². The number of anilines is 1. The zero-order valence-corrected chi connectivity index (χ0v) is 17.2. The molecular weight excluding hydrogens is 500 g/mol. The maximum Gasteiger partial charge on any atom is 0.422 e. The predicted octanol–water partition coefficient (Wildman–Crippen LogP) is 4.23. The number of hydrogen-bond donors (Lipinski definition) is 2. The van der Waals surface area contributed by atoms with E-state index in [9.17, 15) is 13.2 Å². The van der Waals surface area contributed by atoms with E-state index in [1.165, 1.54) is 13.3 Å². The van der Waals surface area contributed by atoms with Gasteiger partial charge in [0.1, 0.15) is 5.75 Å². The van der Waals surface area contributed by atoms with Gasteiger partial charge < -0.3 is 20.5 Å². The molecule has 2 aromatic rings. The van der Waals surface area contributed by atoms with Gasteiger partial charge in [-0.2, -0.15) is 13.2 Å². The van der Waals surface area contributed by atoms with E-state index in [0.717, 1.165) is 0 Å². The average Bonchev–Trinajstić information content (AvgIpc) is 2.58. The quantitative estimate of drug-likeness (QED) is 0.341. The molecule has 11 heteroatoms. The SMILES string of the molecule is COc1ccc(NC(N)=NCc2cccnc2OCC(F)(F)F)cc1Cl.I. The Bertz CT molecular complexity index is 791. The van der Waals surface area contributed by atoms with E-state index in [1.807, 2.05) is 0 Å². The number of ether oxygens (including phenoxy) is 2. The molecule has 1 aromatic heterocycles. The van der Waals surface area contributed by atoms with Gasteiger partial charge in [-0.1, -0.05) is 17.7 Å². The highest BCUT2D eigenvalue weighted by Crippen LogP contribution is 2.27. The molecule has 0 radical (unpaired) electrons. The summed E-state index contributed by atoms with van der Waals surface area (Å²) in [6.07, 6.45) is -3.12. The van der Waals surface area contributed by atoms with Gasteiger partial charge >= 0.3 is 6.18 Å². The normalized spacial score (nSPS) is 11.5. The molecule has 0 saturated heterocycles. The van der Waals surface area contributed by atoms with Crippen molar-refractivity contribution in [2.24, 2.45) is 10.7 Å². The molecule has 0 unspecified atom stereocenters. The molecule has 0 amide bonds. The maximum atomic E-state index is 12.3. The van der Waals surface area contributed by atoms with E-state index in [1.54, 1.807) is 30.3 Å². The molecule has 1 heterocycles. The number of pyridine rings is 1. The highest BCUT2D eigenvalue weighted by molar-refractivity contribution is 14.0. The Morgan fingerprint density at radius 1 is 1.33 bits per heavy atom. The highest BCUT2D eigenvalue weighted by atomic mass is 127. The molecule has 27 heavy (non-hydrogen) atoms. The predicted molar refractivity (Wildman–Crippen MR) is 108 cm³/mol. The molecule has 0 fully saturated rings. The van der Waals surface area contributed by atoms with Gasteiger partial charge in [0.25, 0.3) is 0 Å². The summed E-state index contributed by atoms with van der Waals surface area (Å²) in [5.41, 5.74) is 6.74. The van der Waals surface area contributed by atoms with Crippen molar-refractivity contribution in [1.29, 1.82) is 0 Å². The highest BCUT2D eigenvalue weighted by Gasteiger charge is 2.29. The van der Waals surface area contributed by atoms with Crippen LogP contribution in [0.15, 0.2) is 41.5 Å². The Hall–Kier alpha value is -1.95. The summed E-state index contributed by atoms with van der Waals surface area (Å²) in [7, 11) is 1.50. The number of benzene rings is 1. The molecule has 1 aromatic carbocycles. The van der Waals surface area contributed by atoms with Crippen LogP contribution in [0.3, 0.4) is 0 Å². The lowest BCUT2D eigenvalue weighted by Gasteiger charge is -2.11. The lowest BCUT2D eigenvalue weighted by atomic mass is 10.3. The largest absolute Gasteiger partial charge is 0.495 e. The number of nitrogens with two attached hydrogens (primary N) is 1. The molecule has 0 atom stereocenters. The van der Waals surface area contributed by atoms with Gasteiger partial charge in [-0.05, 0) is 24.3 Å². The first kappa shape index (κ1) is 23.1. The third-order valence-corrected chi connectivity index (χ3v) is 3.36. The Morgan fingerprint density at radius 2 is 2.07 bits per heavy atom. The number of hydrogen-bond acceptors (Lipinski definition) is 4. The summed E-state index contributed by atoms with van der Waals surface area (Å²) in [5, 5.41) is 3.22. The smallest absolute Gasteiger partial charge is 0.422 e. The van der Waals surface area contributed by atoms with E-state index in [-0.39, 0.29) is 42.4 Å². The minimum absolute atomic E-state index is 0. The lowest BCUT2D eigenvalue weighted by Crippen LogP contribution is -2.23. The summed E-state index contributed by atoms with van der Waals surface area (Å²) in [5.74, 6) is 0.417. The third kappa shape index (κ3) is 7.67. The van der Waals surface area contributed by atoms with Crippen LogP contribution in [0.4, 0.5) is 18.9 Å². The van der Waals surface area contributed by atoms with Crippen molar-refractivity contribution in [3.63, 3.8) is 0 Å². The topological polar surface area (TPSA) is 81.8 Å². The molecule has 0 spiro atoms. The molecule has 0 aliphatic carbocycles. The van der Waals surface area contributed by atoms with Crippen LogP contribution >= 0.6 is 35.6 Å². The zero-order chi connectivity index (χ0) is 19.2. The van der Waals surface area contributed by atoms with Crippen LogP contribution < -0.4 is 20.5 Å². The first-order valence-electron chi connectivity index (χ1n) is 7.32. The molecular formula is C16H17ClF3IN4O2. The van der Waals surface area contributed by atoms with Crippen LogP contribution in [0.2, 0.25) is 5.02 Å². The van der Waals surface area contributed by atoms with Crippen LogP contribution in [-0.4, -0.2) is 30.8 Å². The standard InChI is InChI=1S/C16H16ClF3N4O2.HI/c1-25-13-5-4-11(7-12(13)17)24-15(21)23-8-10-3-2-6-22-14(10)26-9-16(18,19)20;/h2-7H,8-9H2,1H3,(H3,21,23,24);1H. The van der Waals surface area contributed by atoms with E-state index in [2.05, 4.69) is 15.3 Å². The zero-order valence-electron chi connectivity index (χ0n) is 14.1. The van der Waals surface area contributed by atoms with Crippen LogP contribution in [0.25, 0.3) is 0 Å². The summed E-state index contributed by atoms with van der Waals surface area (Å²) < 4.78 is 46.6. The van der Waals surface area contributed by atoms with Crippen molar-refractivity contribution in [1.82, 2.24) is 4.98 Å². The van der Waals surface area contributed by atoms with Gasteiger partial charge in [-0.25, -0.2) is 9.98 Å². The van der Waals surface area contributed by atoms with Crippen molar-refractivity contribution in [3.8, 4) is 11.6 Å². The molecule has 0 aliphatic rings. The van der Waals surface area contributed by atoms with Gasteiger partial charge in [0.05, 0.1) is 18.7 Å². The molecule has 148 valence electrons. The fourth-order valence-electron chi connectivity index (χ4n) is 1.93. The number of alkyl halides is 3. The van der Waals surface area contributed by atoms with Gasteiger partial charge in [0.15, 0.2) is 12.6 Å². The first-order chi connectivity index (χ1) is 12.3. The second-order valence-electron chi connectivity index (χ2n) is 5.05. The fourth-order valence-corrected chi connectivity index (χ4v) is 2.18. The number of methoxy groups -OCH3 is 1. The van der Waals surface area contributed by atoms with Crippen molar-refractivity contribution in [2.45, 2.75) is 12.7 Å². The second-order valence-corrected chi connectivity index (χ2v) is 5.45. The molecule has 0 aliphatic heterocycles. The summed E-state index contributed by atoms with van der Waals surface area (Å²) in [4.78, 5) is 7.87. The summed E-state index contributed by atoms with van der Waals surface area (Å²) >= 11 is 6.02. The van der Waals surface area contributed by atoms with Crippen molar-refractivity contribution < 1.29 is 22.6 Å². The minimum Gasteiger partial charge on any atom is -0.495 e. The van der Waals surface area contributed by atoms with Crippen LogP contribution in [-0.2, 0) is 6.54 Å². The van der Waals surface area contributed by atoms with Gasteiger partial charge in [0.2, 0.25) is 5.88 Å². The number of aromatic nitrogens is 1. The number of halogens is 5. The Kier molecular flexibility index (Phi) is 8.89. The van der Waals surface area contributed by atoms with E-state index >= 15 is 0 Å². The van der Waals surface area contributed by atoms with Crippen LogP contribution in [0.1, 0.15) is 5.56 Å². The van der Waals surface area contributed by atoms with Crippen LogP contribution in [0.5, 0.6) is 11.6 Å². The van der Waals surface area contributed by atoms with E-state index in [4.69, 9.17) is 26.8 Å². The number of nitrogens with one attached hydrogen (secondary N) is 1. The first-order valence-corrected chi connectivity index (χ1v) is 7.70. The number of aliphatic imine (C=N–C) groups is 1. The molecule has 0 bridgehead atoms. The summed E-state index contributed by atoms with van der Waals surface area (Å²) in [6.45, 7) is -1.44.